The summed E-state index contributed by atoms with van der Waals surface area (Å²) >= 11 is 0. The van der Waals surface area contributed by atoms with Crippen molar-refractivity contribution in [1.29, 1.82) is 0 Å². The molecule has 2 heterocycles. The van der Waals surface area contributed by atoms with Crippen molar-refractivity contribution in [3.8, 4) is 5.75 Å². The second-order valence-electron chi connectivity index (χ2n) is 6.79. The molecule has 2 aromatic heterocycles. The highest BCUT2D eigenvalue weighted by atomic mass is 32.2. The molecule has 0 aliphatic heterocycles. The molecule has 1 unspecified atom stereocenters. The van der Waals surface area contributed by atoms with E-state index in [9.17, 15) is 13.2 Å². The summed E-state index contributed by atoms with van der Waals surface area (Å²) in [5.41, 5.74) is 2.65. The molecule has 0 bridgehead atoms. The summed E-state index contributed by atoms with van der Waals surface area (Å²) in [6.45, 7) is 0.0312. The van der Waals surface area contributed by atoms with Crippen molar-refractivity contribution in [3.63, 3.8) is 0 Å². The summed E-state index contributed by atoms with van der Waals surface area (Å²) in [4.78, 5) is 20.4. The van der Waals surface area contributed by atoms with Gasteiger partial charge in [-0.05, 0) is 30.3 Å². The summed E-state index contributed by atoms with van der Waals surface area (Å²) < 4.78 is 33.1. The molecule has 164 valence electrons. The van der Waals surface area contributed by atoms with Gasteiger partial charge >= 0.3 is 0 Å². The highest BCUT2D eigenvalue weighted by Gasteiger charge is 2.25. The topological polar surface area (TPSA) is 135 Å². The zero-order valence-corrected chi connectivity index (χ0v) is 17.8. The SMILES string of the molecule is COc1ccc(S(=O)(=O)c2ncccc2CNC(Cc2cn(C)cn2)C(=O)NO)cc1. The van der Waals surface area contributed by atoms with E-state index in [-0.39, 0.29) is 22.9 Å². The molecule has 1 amide bonds. The number of amides is 1. The number of nitrogens with one attached hydrogen (secondary N) is 2. The number of hydroxylamine groups is 1. The second kappa shape index (κ2) is 9.69. The van der Waals surface area contributed by atoms with Crippen LogP contribution in [0, 0.1) is 0 Å². The highest BCUT2D eigenvalue weighted by molar-refractivity contribution is 7.91. The first-order valence-electron chi connectivity index (χ1n) is 9.32. The third kappa shape index (κ3) is 5.26. The van der Waals surface area contributed by atoms with Crippen molar-refractivity contribution in [1.82, 2.24) is 25.3 Å². The Morgan fingerprint density at radius 1 is 1.23 bits per heavy atom. The fourth-order valence-electron chi connectivity index (χ4n) is 3.02. The van der Waals surface area contributed by atoms with Gasteiger partial charge in [-0.25, -0.2) is 23.9 Å². The average Bonchev–Trinajstić information content (AvgIpc) is 3.20. The number of carbonyl (C=O) groups is 1. The number of aryl methyl sites for hydroxylation is 1. The molecule has 0 aliphatic carbocycles. The summed E-state index contributed by atoms with van der Waals surface area (Å²) in [6.07, 6.45) is 4.95. The molecule has 3 N–H and O–H groups in total. The fraction of sp³-hybridized carbons (Fsp3) is 0.250. The van der Waals surface area contributed by atoms with E-state index in [0.29, 0.717) is 17.0 Å². The van der Waals surface area contributed by atoms with E-state index in [2.05, 4.69) is 15.3 Å². The lowest BCUT2D eigenvalue weighted by Gasteiger charge is -2.17. The summed E-state index contributed by atoms with van der Waals surface area (Å²) in [6, 6.07) is 8.41. The Hall–Kier alpha value is -3.28. The molecule has 1 aromatic carbocycles. The number of nitrogens with zero attached hydrogens (tertiary/aromatic N) is 3. The molecular formula is C20H23N5O5S. The van der Waals surface area contributed by atoms with Gasteiger partial charge in [-0.3, -0.25) is 10.0 Å². The number of hydrogen-bond acceptors (Lipinski definition) is 8. The predicted octanol–water partition coefficient (Wildman–Crippen LogP) is 0.863. The minimum absolute atomic E-state index is 0.0312. The van der Waals surface area contributed by atoms with Crippen LogP contribution < -0.4 is 15.5 Å². The predicted molar refractivity (Wildman–Crippen MR) is 110 cm³/mol. The van der Waals surface area contributed by atoms with Crippen molar-refractivity contribution in [2.24, 2.45) is 7.05 Å². The molecule has 0 spiro atoms. The van der Waals surface area contributed by atoms with Crippen molar-refractivity contribution < 1.29 is 23.2 Å². The van der Waals surface area contributed by atoms with E-state index in [4.69, 9.17) is 9.94 Å². The molecule has 0 fully saturated rings. The van der Waals surface area contributed by atoms with Crippen LogP contribution in [-0.4, -0.2) is 47.2 Å². The minimum atomic E-state index is -3.90. The van der Waals surface area contributed by atoms with Crippen molar-refractivity contribution in [3.05, 3.63) is 66.4 Å². The third-order valence-electron chi connectivity index (χ3n) is 4.61. The maximum atomic E-state index is 13.1. The normalized spacial score (nSPS) is 12.4. The Balaban J connectivity index is 1.83. The zero-order valence-electron chi connectivity index (χ0n) is 17.0. The van der Waals surface area contributed by atoms with E-state index in [0.717, 1.165) is 0 Å². The van der Waals surface area contributed by atoms with E-state index in [1.165, 1.54) is 25.4 Å². The van der Waals surface area contributed by atoms with Crippen LogP contribution in [0.25, 0.3) is 0 Å². The minimum Gasteiger partial charge on any atom is -0.497 e. The van der Waals surface area contributed by atoms with Crippen LogP contribution in [0.4, 0.5) is 0 Å². The lowest BCUT2D eigenvalue weighted by atomic mass is 10.1. The molecule has 3 aromatic rings. The van der Waals surface area contributed by atoms with E-state index < -0.39 is 21.8 Å². The maximum absolute atomic E-state index is 13.1. The number of rotatable bonds is 9. The molecule has 0 saturated carbocycles. The number of imidazole rings is 1. The molecule has 0 aliphatic rings. The number of sulfone groups is 1. The number of hydrogen-bond donors (Lipinski definition) is 3. The van der Waals surface area contributed by atoms with Crippen LogP contribution in [0.2, 0.25) is 0 Å². The van der Waals surface area contributed by atoms with Crippen LogP contribution in [0.3, 0.4) is 0 Å². The van der Waals surface area contributed by atoms with Gasteiger partial charge in [0.15, 0.2) is 5.03 Å². The van der Waals surface area contributed by atoms with Crippen molar-refractivity contribution in [2.45, 2.75) is 28.9 Å². The molecule has 11 heteroatoms. The third-order valence-corrected chi connectivity index (χ3v) is 6.38. The maximum Gasteiger partial charge on any atom is 0.260 e. The summed E-state index contributed by atoms with van der Waals surface area (Å²) in [5.74, 6) is -0.122. The molecule has 1 atom stereocenters. The van der Waals surface area contributed by atoms with Crippen LogP contribution >= 0.6 is 0 Å². The molecule has 0 saturated heterocycles. The fourth-order valence-corrected chi connectivity index (χ4v) is 4.42. The Morgan fingerprint density at radius 3 is 2.58 bits per heavy atom. The van der Waals surface area contributed by atoms with E-state index in [1.807, 2.05) is 0 Å². The Morgan fingerprint density at radius 2 is 1.97 bits per heavy atom. The lowest BCUT2D eigenvalue weighted by molar-refractivity contribution is -0.131. The van der Waals surface area contributed by atoms with Crippen LogP contribution in [0.5, 0.6) is 5.75 Å². The monoisotopic (exact) mass is 445 g/mol. The first-order valence-corrected chi connectivity index (χ1v) is 10.8. The van der Waals surface area contributed by atoms with Gasteiger partial charge in [0.1, 0.15) is 5.75 Å². The Labute approximate surface area is 179 Å². The van der Waals surface area contributed by atoms with Crippen molar-refractivity contribution >= 4 is 15.7 Å². The lowest BCUT2D eigenvalue weighted by Crippen LogP contribution is -2.44. The number of aromatic nitrogens is 3. The second-order valence-corrected chi connectivity index (χ2v) is 8.66. The quantitative estimate of drug-likeness (QED) is 0.326. The van der Waals surface area contributed by atoms with Gasteiger partial charge in [0.2, 0.25) is 9.84 Å². The van der Waals surface area contributed by atoms with Gasteiger partial charge in [-0.1, -0.05) is 6.07 Å². The number of methoxy groups -OCH3 is 1. The van der Waals surface area contributed by atoms with Gasteiger partial charge < -0.3 is 14.6 Å². The molecule has 10 nitrogen and oxygen atoms in total. The van der Waals surface area contributed by atoms with Gasteiger partial charge in [0, 0.05) is 38.0 Å². The van der Waals surface area contributed by atoms with Gasteiger partial charge in [-0.2, -0.15) is 0 Å². The average molecular weight is 446 g/mol. The van der Waals surface area contributed by atoms with Crippen LogP contribution in [0.1, 0.15) is 11.3 Å². The number of ether oxygens (including phenoxy) is 1. The summed E-state index contributed by atoms with van der Waals surface area (Å²) in [7, 11) is -0.598. The Bertz CT molecular complexity index is 1140. The first kappa shape index (κ1) is 22.4. The van der Waals surface area contributed by atoms with Gasteiger partial charge in [0.25, 0.3) is 5.91 Å². The van der Waals surface area contributed by atoms with E-state index in [1.54, 1.807) is 53.9 Å². The number of benzene rings is 1. The van der Waals surface area contributed by atoms with Crippen LogP contribution in [-0.2, 0) is 34.6 Å². The standard InChI is InChI=1S/C20H23N5O5S/c1-25-12-15(23-13-25)10-18(19(26)24-27)22-11-14-4-3-9-21-20(14)31(28,29)17-7-5-16(30-2)6-8-17/h3-9,12-13,18,22,27H,10-11H2,1-2H3,(H,24,26). The molecular weight excluding hydrogens is 422 g/mol. The Kier molecular flexibility index (Phi) is 7.00. The van der Waals surface area contributed by atoms with Gasteiger partial charge in [-0.15, -0.1) is 0 Å². The largest absolute Gasteiger partial charge is 0.497 e. The molecule has 0 radical (unpaired) electrons. The first-order chi connectivity index (χ1) is 14.8. The molecule has 3 rings (SSSR count). The summed E-state index contributed by atoms with van der Waals surface area (Å²) in [5, 5.41) is 11.9. The zero-order chi connectivity index (χ0) is 22.4. The smallest absolute Gasteiger partial charge is 0.260 e. The van der Waals surface area contributed by atoms with Crippen LogP contribution in [0.15, 0.2) is 65.0 Å². The highest BCUT2D eigenvalue weighted by Crippen LogP contribution is 2.24. The number of pyridine rings is 1. The number of carbonyl (C=O) groups excluding carboxylic acids is 1. The van der Waals surface area contributed by atoms with Crippen molar-refractivity contribution in [2.75, 3.05) is 7.11 Å². The van der Waals surface area contributed by atoms with Gasteiger partial charge in [0.05, 0.1) is 30.1 Å². The molecule has 31 heavy (non-hydrogen) atoms. The van der Waals surface area contributed by atoms with E-state index >= 15 is 0 Å².